The van der Waals surface area contributed by atoms with Crippen LogP contribution in [0.2, 0.25) is 0 Å². The molecule has 0 aromatic heterocycles. The van der Waals surface area contributed by atoms with Crippen LogP contribution in [0.1, 0.15) is 20.7 Å². The highest BCUT2D eigenvalue weighted by atomic mass is 32.2. The van der Waals surface area contributed by atoms with Gasteiger partial charge in [-0.1, -0.05) is 42.5 Å². The molecule has 0 bridgehead atoms. The van der Waals surface area contributed by atoms with Gasteiger partial charge in [-0.05, 0) is 40.0 Å². The molecule has 3 heteroatoms. The van der Waals surface area contributed by atoms with Gasteiger partial charge >= 0.3 is 0 Å². The van der Waals surface area contributed by atoms with E-state index in [1.807, 2.05) is 30.4 Å². The lowest BCUT2D eigenvalue weighted by Gasteiger charge is -2.10. The second-order valence-electron chi connectivity index (χ2n) is 4.66. The molecule has 0 amide bonds. The Bertz CT molecular complexity index is 716. The van der Waals surface area contributed by atoms with Crippen LogP contribution in [-0.2, 0) is 0 Å². The Morgan fingerprint density at radius 3 is 1.76 bits per heavy atom. The lowest BCUT2D eigenvalue weighted by molar-refractivity contribution is 0.0817. The van der Waals surface area contributed by atoms with Crippen LogP contribution >= 0.6 is 10.9 Å². The number of carbonyl (C=O) groups is 2. The predicted molar refractivity (Wildman–Crippen MR) is 87.1 cm³/mol. The van der Waals surface area contributed by atoms with E-state index in [1.54, 1.807) is 36.4 Å². The fraction of sp³-hybridized carbons (Fsp3) is 0. The molecule has 0 unspecified atom stereocenters. The standard InChI is InChI=1S/C18H14O2S/c19-17(14-6-2-1-3-7-14)18(20)15-8-10-16(11-9-15)21-12-4-5-13-21/h1-13,21H. The molecule has 0 atom stereocenters. The maximum absolute atomic E-state index is 12.2. The van der Waals surface area contributed by atoms with Crippen LogP contribution in [0.4, 0.5) is 0 Å². The first kappa shape index (κ1) is 13.6. The van der Waals surface area contributed by atoms with E-state index in [9.17, 15) is 9.59 Å². The minimum absolute atomic E-state index is 0.388. The first-order chi connectivity index (χ1) is 10.3. The third-order valence-electron chi connectivity index (χ3n) is 3.27. The van der Waals surface area contributed by atoms with Crippen LogP contribution in [0.25, 0.3) is 0 Å². The Hall–Kier alpha value is -2.39. The predicted octanol–water partition coefficient (Wildman–Crippen LogP) is 4.15. The lowest BCUT2D eigenvalue weighted by atomic mass is 10.0. The summed E-state index contributed by atoms with van der Waals surface area (Å²) in [4.78, 5) is 25.5. The van der Waals surface area contributed by atoms with E-state index in [-0.39, 0.29) is 10.9 Å². The van der Waals surface area contributed by atoms with Crippen LogP contribution in [0.3, 0.4) is 0 Å². The van der Waals surface area contributed by atoms with Crippen LogP contribution in [0.15, 0.2) is 82.5 Å². The molecule has 0 saturated heterocycles. The van der Waals surface area contributed by atoms with Crippen LogP contribution in [0.5, 0.6) is 0 Å². The van der Waals surface area contributed by atoms with Gasteiger partial charge in [0, 0.05) is 11.1 Å². The van der Waals surface area contributed by atoms with Gasteiger partial charge < -0.3 is 0 Å². The van der Waals surface area contributed by atoms with Crippen molar-refractivity contribution in [2.45, 2.75) is 4.90 Å². The number of hydrogen-bond donors (Lipinski definition) is 1. The van der Waals surface area contributed by atoms with E-state index in [0.29, 0.717) is 11.1 Å². The van der Waals surface area contributed by atoms with Crippen molar-refractivity contribution in [3.8, 4) is 0 Å². The van der Waals surface area contributed by atoms with Gasteiger partial charge in [-0.25, -0.2) is 0 Å². The molecule has 0 saturated carbocycles. The van der Waals surface area contributed by atoms with Gasteiger partial charge in [0.15, 0.2) is 0 Å². The largest absolute Gasteiger partial charge is 0.285 e. The molecule has 0 N–H and O–H groups in total. The lowest BCUT2D eigenvalue weighted by Crippen LogP contribution is -2.14. The molecule has 0 fully saturated rings. The van der Waals surface area contributed by atoms with E-state index in [1.165, 1.54) is 4.90 Å². The minimum Gasteiger partial charge on any atom is -0.285 e. The van der Waals surface area contributed by atoms with Gasteiger partial charge in [0.05, 0.1) is 0 Å². The molecule has 2 aromatic rings. The van der Waals surface area contributed by atoms with Crippen molar-refractivity contribution < 1.29 is 9.59 Å². The first-order valence-electron chi connectivity index (χ1n) is 6.63. The minimum atomic E-state index is -0.463. The summed E-state index contributed by atoms with van der Waals surface area (Å²) in [7, 11) is -0.388. The molecule has 0 spiro atoms. The average molecular weight is 294 g/mol. The van der Waals surface area contributed by atoms with E-state index in [2.05, 4.69) is 10.8 Å². The Morgan fingerprint density at radius 2 is 1.19 bits per heavy atom. The molecule has 1 aliphatic heterocycles. The fourth-order valence-electron chi connectivity index (χ4n) is 2.14. The third-order valence-corrected chi connectivity index (χ3v) is 5.16. The molecule has 2 nitrogen and oxygen atoms in total. The zero-order valence-corrected chi connectivity index (χ0v) is 12.2. The third kappa shape index (κ3) is 2.88. The molecule has 21 heavy (non-hydrogen) atoms. The summed E-state index contributed by atoms with van der Waals surface area (Å²) in [5.41, 5.74) is 0.868. The van der Waals surface area contributed by atoms with Crippen molar-refractivity contribution in [1.82, 2.24) is 0 Å². The average Bonchev–Trinajstić information content (AvgIpc) is 3.09. The molecular formula is C18H14O2S. The number of benzene rings is 2. The highest BCUT2D eigenvalue weighted by molar-refractivity contribution is 8.22. The van der Waals surface area contributed by atoms with E-state index in [0.717, 1.165) is 0 Å². The molecule has 2 aromatic carbocycles. The molecular weight excluding hydrogens is 280 g/mol. The number of Topliss-reactive ketones (excluding diaryl/α,β-unsaturated/α-hetero) is 2. The summed E-state index contributed by atoms with van der Waals surface area (Å²) in [5, 5.41) is 4.31. The van der Waals surface area contributed by atoms with Crippen molar-refractivity contribution >= 4 is 22.5 Å². The number of hydrogen-bond acceptors (Lipinski definition) is 2. The topological polar surface area (TPSA) is 34.1 Å². The summed E-state index contributed by atoms with van der Waals surface area (Å²) >= 11 is 0. The Morgan fingerprint density at radius 1 is 0.667 bits per heavy atom. The summed E-state index contributed by atoms with van der Waals surface area (Å²) in [6, 6.07) is 16.0. The number of rotatable bonds is 4. The van der Waals surface area contributed by atoms with Crippen molar-refractivity contribution in [3.63, 3.8) is 0 Å². The highest BCUT2D eigenvalue weighted by Gasteiger charge is 2.18. The van der Waals surface area contributed by atoms with Gasteiger partial charge in [0.25, 0.3) is 0 Å². The van der Waals surface area contributed by atoms with Crippen molar-refractivity contribution in [2.24, 2.45) is 0 Å². The van der Waals surface area contributed by atoms with Gasteiger partial charge in [-0.15, -0.1) is 0 Å². The fourth-order valence-corrected chi connectivity index (χ4v) is 3.65. The maximum Gasteiger partial charge on any atom is 0.233 e. The van der Waals surface area contributed by atoms with E-state index in [4.69, 9.17) is 0 Å². The first-order valence-corrected chi connectivity index (χ1v) is 8.11. The number of carbonyl (C=O) groups excluding carboxylic acids is 2. The monoisotopic (exact) mass is 294 g/mol. The quantitative estimate of drug-likeness (QED) is 0.522. The number of allylic oxidation sites excluding steroid dienone is 2. The van der Waals surface area contributed by atoms with E-state index >= 15 is 0 Å². The number of thiol groups is 1. The molecule has 0 aliphatic carbocycles. The maximum atomic E-state index is 12.2. The molecule has 104 valence electrons. The van der Waals surface area contributed by atoms with Crippen molar-refractivity contribution in [1.29, 1.82) is 0 Å². The van der Waals surface area contributed by atoms with Crippen LogP contribution in [0, 0.1) is 0 Å². The van der Waals surface area contributed by atoms with Gasteiger partial charge in [0.1, 0.15) is 0 Å². The zero-order valence-electron chi connectivity index (χ0n) is 11.3. The Kier molecular flexibility index (Phi) is 3.84. The van der Waals surface area contributed by atoms with Crippen molar-refractivity contribution in [2.75, 3.05) is 0 Å². The molecule has 0 radical (unpaired) electrons. The Labute approximate surface area is 126 Å². The van der Waals surface area contributed by atoms with Gasteiger partial charge in [0.2, 0.25) is 11.6 Å². The van der Waals surface area contributed by atoms with Crippen LogP contribution in [-0.4, -0.2) is 11.6 Å². The van der Waals surface area contributed by atoms with Gasteiger partial charge in [-0.3, -0.25) is 9.59 Å². The summed E-state index contributed by atoms with van der Waals surface area (Å²) in [6.07, 6.45) is 4.06. The number of ketones is 2. The second-order valence-corrected chi connectivity index (χ2v) is 6.59. The Balaban J connectivity index is 1.80. The summed E-state index contributed by atoms with van der Waals surface area (Å²) in [6.45, 7) is 0. The summed E-state index contributed by atoms with van der Waals surface area (Å²) < 4.78 is 0. The molecule has 1 aliphatic rings. The van der Waals surface area contributed by atoms with Gasteiger partial charge in [-0.2, -0.15) is 10.9 Å². The van der Waals surface area contributed by atoms with E-state index < -0.39 is 11.6 Å². The smallest absolute Gasteiger partial charge is 0.233 e. The molecule has 3 rings (SSSR count). The zero-order chi connectivity index (χ0) is 14.7. The van der Waals surface area contributed by atoms with Crippen molar-refractivity contribution in [3.05, 3.63) is 88.7 Å². The highest BCUT2D eigenvalue weighted by Crippen LogP contribution is 2.41. The SMILES string of the molecule is O=C(C(=O)c1ccc([SH]2C=CC=C2)cc1)c1ccccc1. The molecule has 1 heterocycles. The second kappa shape index (κ2) is 5.94. The normalized spacial score (nSPS) is 14.4. The van der Waals surface area contributed by atoms with Crippen LogP contribution < -0.4 is 0 Å². The summed E-state index contributed by atoms with van der Waals surface area (Å²) in [5.74, 6) is -0.923.